The smallest absolute Gasteiger partial charge is 0.322 e. The van der Waals surface area contributed by atoms with Gasteiger partial charge in [-0.05, 0) is 31.4 Å². The molecule has 2 unspecified atom stereocenters. The van der Waals surface area contributed by atoms with Crippen molar-refractivity contribution in [3.05, 3.63) is 18.2 Å². The number of hydrogen-bond donors (Lipinski definition) is 1. The van der Waals surface area contributed by atoms with Gasteiger partial charge in [-0.25, -0.2) is 13.2 Å². The summed E-state index contributed by atoms with van der Waals surface area (Å²) >= 11 is 0. The summed E-state index contributed by atoms with van der Waals surface area (Å²) in [6.07, 6.45) is 2.23. The van der Waals surface area contributed by atoms with Crippen LogP contribution in [0.15, 0.2) is 18.2 Å². The molecule has 1 N–H and O–H groups in total. The number of rotatable bonds is 1. The molecule has 1 aliphatic carbocycles. The maximum Gasteiger partial charge on any atom is 0.322 e. The van der Waals surface area contributed by atoms with E-state index >= 15 is 0 Å². The molecular weight excluding hydrogens is 320 g/mol. The van der Waals surface area contributed by atoms with Crippen LogP contribution in [0.5, 0.6) is 11.5 Å². The number of carbonyl (C=O) groups is 1. The van der Waals surface area contributed by atoms with E-state index in [1.165, 1.54) is 0 Å². The summed E-state index contributed by atoms with van der Waals surface area (Å²) in [5, 5.41) is 2.43. The van der Waals surface area contributed by atoms with E-state index in [1.54, 1.807) is 23.1 Å². The number of para-hydroxylation sites is 1. The van der Waals surface area contributed by atoms with Gasteiger partial charge in [-0.2, -0.15) is 0 Å². The fraction of sp³-hybridized carbons (Fsp3) is 0.533. The van der Waals surface area contributed by atoms with Crippen LogP contribution >= 0.6 is 0 Å². The summed E-state index contributed by atoms with van der Waals surface area (Å²) in [5.41, 5.74) is 0.549. The average molecular weight is 338 g/mol. The molecule has 0 radical (unpaired) electrons. The monoisotopic (exact) mass is 338 g/mol. The maximum absolute atomic E-state index is 12.6. The average Bonchev–Trinajstić information content (AvgIpc) is 3.16. The van der Waals surface area contributed by atoms with Gasteiger partial charge in [-0.1, -0.05) is 6.07 Å². The molecule has 124 valence electrons. The first-order chi connectivity index (χ1) is 11.1. The molecule has 1 saturated heterocycles. The molecular formula is C15H18N2O5S. The number of ether oxygens (including phenoxy) is 2. The fourth-order valence-corrected chi connectivity index (χ4v) is 5.73. The van der Waals surface area contributed by atoms with E-state index in [0.29, 0.717) is 23.6 Å². The minimum absolute atomic E-state index is 0.0358. The van der Waals surface area contributed by atoms with E-state index in [2.05, 4.69) is 5.32 Å². The van der Waals surface area contributed by atoms with Crippen molar-refractivity contribution in [3.8, 4) is 11.5 Å². The molecule has 1 aromatic rings. The minimum Gasteiger partial charge on any atom is -0.454 e. The highest BCUT2D eigenvalue weighted by molar-refractivity contribution is 7.92. The molecule has 0 bridgehead atoms. The van der Waals surface area contributed by atoms with E-state index < -0.39 is 15.1 Å². The number of nitrogens with one attached hydrogen (secondary N) is 1. The number of amides is 2. The molecule has 1 aromatic carbocycles. The second kappa shape index (κ2) is 5.30. The lowest BCUT2D eigenvalue weighted by Gasteiger charge is -2.37. The summed E-state index contributed by atoms with van der Waals surface area (Å²) in [6, 6.07) is 4.81. The van der Waals surface area contributed by atoms with Crippen molar-refractivity contribution < 1.29 is 22.7 Å². The molecule has 23 heavy (non-hydrogen) atoms. The Bertz CT molecular complexity index is 748. The molecule has 7 nitrogen and oxygen atoms in total. The lowest BCUT2D eigenvalue weighted by atomic mass is 10.2. The molecule has 2 heterocycles. The molecule has 0 spiro atoms. The zero-order chi connectivity index (χ0) is 16.0. The predicted molar refractivity (Wildman–Crippen MR) is 83.5 cm³/mol. The first-order valence-corrected chi connectivity index (χ1v) is 9.45. The third-order valence-electron chi connectivity index (χ3n) is 4.80. The molecule has 4 rings (SSSR count). The van der Waals surface area contributed by atoms with Gasteiger partial charge in [-0.15, -0.1) is 0 Å². The summed E-state index contributed by atoms with van der Waals surface area (Å²) < 4.78 is 35.0. The Kier molecular flexibility index (Phi) is 3.37. The van der Waals surface area contributed by atoms with Gasteiger partial charge < -0.3 is 19.7 Å². The number of sulfone groups is 1. The van der Waals surface area contributed by atoms with E-state index in [0.717, 1.165) is 12.8 Å². The Morgan fingerprint density at radius 1 is 1.26 bits per heavy atom. The lowest BCUT2D eigenvalue weighted by molar-refractivity contribution is 0.173. The van der Waals surface area contributed by atoms with Crippen LogP contribution in [-0.2, 0) is 9.84 Å². The van der Waals surface area contributed by atoms with Crippen LogP contribution in [0.3, 0.4) is 0 Å². The number of urea groups is 1. The van der Waals surface area contributed by atoms with E-state index in [-0.39, 0.29) is 31.2 Å². The van der Waals surface area contributed by atoms with Crippen LogP contribution in [0, 0.1) is 0 Å². The first kappa shape index (κ1) is 14.6. The summed E-state index contributed by atoms with van der Waals surface area (Å²) in [6.45, 7) is 0.372. The molecule has 0 aromatic heterocycles. The topological polar surface area (TPSA) is 84.9 Å². The second-order valence-corrected chi connectivity index (χ2v) is 8.41. The van der Waals surface area contributed by atoms with Gasteiger partial charge in [0.15, 0.2) is 21.3 Å². The number of hydrogen-bond acceptors (Lipinski definition) is 5. The summed E-state index contributed by atoms with van der Waals surface area (Å²) in [7, 11) is -3.08. The zero-order valence-electron chi connectivity index (χ0n) is 12.5. The Morgan fingerprint density at radius 3 is 3.00 bits per heavy atom. The number of carbonyl (C=O) groups excluding carboxylic acids is 1. The Hall–Kier alpha value is -1.96. The van der Waals surface area contributed by atoms with Gasteiger partial charge in [0.25, 0.3) is 0 Å². The molecule has 8 heteroatoms. The normalized spacial score (nSPS) is 27.6. The van der Waals surface area contributed by atoms with Crippen LogP contribution in [0.4, 0.5) is 10.5 Å². The molecule has 2 fully saturated rings. The Morgan fingerprint density at radius 2 is 2.13 bits per heavy atom. The molecule has 3 aliphatic rings. The van der Waals surface area contributed by atoms with Crippen LogP contribution < -0.4 is 14.8 Å². The van der Waals surface area contributed by atoms with Crippen molar-refractivity contribution >= 4 is 21.6 Å². The maximum atomic E-state index is 12.6. The van der Waals surface area contributed by atoms with Crippen molar-refractivity contribution in [3.63, 3.8) is 0 Å². The number of benzene rings is 1. The Balaban J connectivity index is 1.55. The SMILES string of the molecule is O=C(Nc1cccc2c1OCO2)N1CCS(=O)(=O)C2CCCC21. The van der Waals surface area contributed by atoms with Crippen LogP contribution in [-0.4, -0.2) is 49.7 Å². The highest BCUT2D eigenvalue weighted by atomic mass is 32.2. The molecule has 2 amide bonds. The van der Waals surface area contributed by atoms with Gasteiger partial charge in [0, 0.05) is 6.54 Å². The first-order valence-electron chi connectivity index (χ1n) is 7.74. The van der Waals surface area contributed by atoms with Crippen LogP contribution in [0.25, 0.3) is 0 Å². The van der Waals surface area contributed by atoms with Crippen molar-refractivity contribution in [1.82, 2.24) is 4.90 Å². The van der Waals surface area contributed by atoms with Crippen LogP contribution in [0.2, 0.25) is 0 Å². The van der Waals surface area contributed by atoms with Crippen molar-refractivity contribution in [2.24, 2.45) is 0 Å². The fourth-order valence-electron chi connectivity index (χ4n) is 3.69. The van der Waals surface area contributed by atoms with Gasteiger partial charge in [0.1, 0.15) is 0 Å². The van der Waals surface area contributed by atoms with Gasteiger partial charge in [0.05, 0.1) is 22.7 Å². The predicted octanol–water partition coefficient (Wildman–Crippen LogP) is 1.60. The van der Waals surface area contributed by atoms with E-state index in [9.17, 15) is 13.2 Å². The van der Waals surface area contributed by atoms with Crippen LogP contribution in [0.1, 0.15) is 19.3 Å². The van der Waals surface area contributed by atoms with Gasteiger partial charge in [-0.3, -0.25) is 0 Å². The van der Waals surface area contributed by atoms with Gasteiger partial charge >= 0.3 is 6.03 Å². The van der Waals surface area contributed by atoms with Crippen molar-refractivity contribution in [2.75, 3.05) is 24.4 Å². The number of anilines is 1. The summed E-state index contributed by atoms with van der Waals surface area (Å²) in [4.78, 5) is 14.3. The highest BCUT2D eigenvalue weighted by Gasteiger charge is 2.46. The van der Waals surface area contributed by atoms with E-state index in [1.807, 2.05) is 0 Å². The summed E-state index contributed by atoms with van der Waals surface area (Å²) in [5.74, 6) is 1.16. The molecule has 2 aliphatic heterocycles. The Labute approximate surface area is 134 Å². The van der Waals surface area contributed by atoms with E-state index in [4.69, 9.17) is 9.47 Å². The second-order valence-electron chi connectivity index (χ2n) is 6.07. The van der Waals surface area contributed by atoms with Crippen molar-refractivity contribution in [2.45, 2.75) is 30.6 Å². The number of nitrogens with zero attached hydrogens (tertiary/aromatic N) is 1. The highest BCUT2D eigenvalue weighted by Crippen LogP contribution is 2.39. The van der Waals surface area contributed by atoms with Gasteiger partial charge in [0.2, 0.25) is 6.79 Å². The minimum atomic E-state index is -3.08. The third-order valence-corrected chi connectivity index (χ3v) is 7.02. The quantitative estimate of drug-likeness (QED) is 0.841. The largest absolute Gasteiger partial charge is 0.454 e. The number of fused-ring (bicyclic) bond motifs is 2. The zero-order valence-corrected chi connectivity index (χ0v) is 13.3. The standard InChI is InChI=1S/C15H18N2O5S/c18-15(16-10-3-1-5-12-14(10)22-9-21-12)17-7-8-23(19,20)13-6-2-4-11(13)17/h1,3,5,11,13H,2,4,6-9H2,(H,16,18). The molecule has 1 saturated carbocycles. The lowest BCUT2D eigenvalue weighted by Crippen LogP contribution is -2.55. The third kappa shape index (κ3) is 2.41. The van der Waals surface area contributed by atoms with Crippen molar-refractivity contribution in [1.29, 1.82) is 0 Å². The molecule has 2 atom stereocenters.